The Balaban J connectivity index is 1.96. The number of hydrogen-bond donors (Lipinski definition) is 2. The summed E-state index contributed by atoms with van der Waals surface area (Å²) in [6.07, 6.45) is 8.29. The molecule has 2 aliphatic rings. The second kappa shape index (κ2) is 5.79. The molecule has 1 atom stereocenters. The van der Waals surface area contributed by atoms with E-state index in [-0.39, 0.29) is 0 Å². The van der Waals surface area contributed by atoms with E-state index in [2.05, 4.69) is 14.9 Å². The number of nitrogen functional groups attached to an aromatic ring is 1. The number of rotatable bonds is 2. The Morgan fingerprint density at radius 1 is 1.05 bits per heavy atom. The van der Waals surface area contributed by atoms with Crippen molar-refractivity contribution in [2.75, 3.05) is 24.7 Å². The van der Waals surface area contributed by atoms with Crippen molar-refractivity contribution in [2.24, 2.45) is 11.7 Å². The molecule has 4 N–H and O–H groups in total. The maximum Gasteiger partial charge on any atom is 0.222 e. The quantitative estimate of drug-likeness (QED) is 0.871. The topological polar surface area (TPSA) is 81.1 Å². The SMILES string of the molecule is CN(C)c1nc(N)nc2c1C(C1CCC(N)CC1)CCC2. The van der Waals surface area contributed by atoms with Gasteiger partial charge in [-0.2, -0.15) is 4.98 Å². The average molecular weight is 289 g/mol. The van der Waals surface area contributed by atoms with E-state index in [0.29, 0.717) is 17.9 Å². The van der Waals surface area contributed by atoms with Gasteiger partial charge in [0.1, 0.15) is 5.82 Å². The summed E-state index contributed by atoms with van der Waals surface area (Å²) in [4.78, 5) is 11.1. The Morgan fingerprint density at radius 3 is 2.43 bits per heavy atom. The van der Waals surface area contributed by atoms with Crippen LogP contribution in [0.2, 0.25) is 0 Å². The number of aryl methyl sites for hydroxylation is 1. The predicted molar refractivity (Wildman–Crippen MR) is 86.4 cm³/mol. The minimum Gasteiger partial charge on any atom is -0.368 e. The Bertz CT molecular complexity index is 506. The predicted octanol–water partition coefficient (Wildman–Crippen LogP) is 2.06. The Morgan fingerprint density at radius 2 is 1.76 bits per heavy atom. The van der Waals surface area contributed by atoms with Crippen molar-refractivity contribution in [1.82, 2.24) is 9.97 Å². The summed E-state index contributed by atoms with van der Waals surface area (Å²) in [6, 6.07) is 0.403. The molecule has 3 rings (SSSR count). The molecule has 0 aromatic carbocycles. The molecule has 5 heteroatoms. The number of aromatic nitrogens is 2. The van der Waals surface area contributed by atoms with Gasteiger partial charge in [-0.3, -0.25) is 0 Å². The van der Waals surface area contributed by atoms with Crippen molar-refractivity contribution in [2.45, 2.75) is 56.9 Å². The van der Waals surface area contributed by atoms with Gasteiger partial charge in [-0.1, -0.05) is 0 Å². The lowest BCUT2D eigenvalue weighted by Crippen LogP contribution is -2.31. The molecule has 2 aliphatic carbocycles. The zero-order valence-electron chi connectivity index (χ0n) is 13.2. The molecule has 0 amide bonds. The van der Waals surface area contributed by atoms with Gasteiger partial charge in [0, 0.05) is 25.7 Å². The molecule has 0 aliphatic heterocycles. The van der Waals surface area contributed by atoms with Crippen LogP contribution in [0.25, 0.3) is 0 Å². The third-order valence-corrected chi connectivity index (χ3v) is 5.13. The normalized spacial score (nSPS) is 29.0. The van der Waals surface area contributed by atoms with E-state index in [1.165, 1.54) is 36.9 Å². The smallest absolute Gasteiger partial charge is 0.222 e. The minimum absolute atomic E-state index is 0.403. The lowest BCUT2D eigenvalue weighted by Gasteiger charge is -2.37. The average Bonchev–Trinajstić information content (AvgIpc) is 2.46. The van der Waals surface area contributed by atoms with Crippen molar-refractivity contribution in [3.05, 3.63) is 11.3 Å². The second-order valence-corrected chi connectivity index (χ2v) is 6.83. The van der Waals surface area contributed by atoms with Crippen molar-refractivity contribution < 1.29 is 0 Å². The molecule has 5 nitrogen and oxygen atoms in total. The van der Waals surface area contributed by atoms with Gasteiger partial charge in [0.25, 0.3) is 0 Å². The summed E-state index contributed by atoms with van der Waals surface area (Å²) in [7, 11) is 4.09. The molecule has 1 saturated carbocycles. The Hall–Kier alpha value is -1.36. The van der Waals surface area contributed by atoms with Crippen molar-refractivity contribution in [3.63, 3.8) is 0 Å². The number of fused-ring (bicyclic) bond motifs is 1. The molecule has 1 unspecified atom stereocenters. The van der Waals surface area contributed by atoms with Gasteiger partial charge in [-0.05, 0) is 56.8 Å². The summed E-state index contributed by atoms with van der Waals surface area (Å²) in [6.45, 7) is 0. The largest absolute Gasteiger partial charge is 0.368 e. The van der Waals surface area contributed by atoms with Crippen molar-refractivity contribution >= 4 is 11.8 Å². The van der Waals surface area contributed by atoms with Crippen LogP contribution < -0.4 is 16.4 Å². The van der Waals surface area contributed by atoms with Crippen LogP contribution >= 0.6 is 0 Å². The molecule has 1 fully saturated rings. The number of nitrogens with zero attached hydrogens (tertiary/aromatic N) is 3. The van der Waals surface area contributed by atoms with Crippen LogP contribution in [-0.2, 0) is 6.42 Å². The molecule has 1 aromatic rings. The second-order valence-electron chi connectivity index (χ2n) is 6.83. The van der Waals surface area contributed by atoms with Crippen LogP contribution in [0.15, 0.2) is 0 Å². The van der Waals surface area contributed by atoms with Gasteiger partial charge in [-0.15, -0.1) is 0 Å². The molecule has 0 bridgehead atoms. The highest BCUT2D eigenvalue weighted by molar-refractivity contribution is 5.54. The third kappa shape index (κ3) is 2.84. The van der Waals surface area contributed by atoms with E-state index in [9.17, 15) is 0 Å². The summed E-state index contributed by atoms with van der Waals surface area (Å²) < 4.78 is 0. The lowest BCUT2D eigenvalue weighted by atomic mass is 9.71. The van der Waals surface area contributed by atoms with E-state index in [1.807, 2.05) is 14.1 Å². The molecule has 0 radical (unpaired) electrons. The summed E-state index contributed by atoms with van der Waals surface area (Å²) in [5.74, 6) is 2.75. The van der Waals surface area contributed by atoms with Crippen molar-refractivity contribution in [3.8, 4) is 0 Å². The first-order valence-electron chi connectivity index (χ1n) is 8.15. The summed E-state index contributed by atoms with van der Waals surface area (Å²) in [5, 5.41) is 0. The third-order valence-electron chi connectivity index (χ3n) is 5.13. The van der Waals surface area contributed by atoms with E-state index < -0.39 is 0 Å². The van der Waals surface area contributed by atoms with Crippen LogP contribution in [0.3, 0.4) is 0 Å². The van der Waals surface area contributed by atoms with E-state index in [4.69, 9.17) is 11.5 Å². The highest BCUT2D eigenvalue weighted by Crippen LogP contribution is 2.45. The highest BCUT2D eigenvalue weighted by Gasteiger charge is 2.34. The zero-order chi connectivity index (χ0) is 15.0. The van der Waals surface area contributed by atoms with E-state index in [1.54, 1.807) is 0 Å². The maximum atomic E-state index is 6.07. The zero-order valence-corrected chi connectivity index (χ0v) is 13.2. The van der Waals surface area contributed by atoms with Crippen LogP contribution in [0.4, 0.5) is 11.8 Å². The van der Waals surface area contributed by atoms with Gasteiger partial charge >= 0.3 is 0 Å². The molecule has 1 heterocycles. The monoisotopic (exact) mass is 289 g/mol. The molecular formula is C16H27N5. The Labute approximate surface area is 127 Å². The molecule has 21 heavy (non-hydrogen) atoms. The van der Waals surface area contributed by atoms with Gasteiger partial charge < -0.3 is 16.4 Å². The molecule has 116 valence electrons. The van der Waals surface area contributed by atoms with Gasteiger partial charge in [0.05, 0.1) is 5.69 Å². The first-order valence-corrected chi connectivity index (χ1v) is 8.15. The van der Waals surface area contributed by atoms with Crippen molar-refractivity contribution in [1.29, 1.82) is 0 Å². The lowest BCUT2D eigenvalue weighted by molar-refractivity contribution is 0.264. The number of anilines is 2. The van der Waals surface area contributed by atoms with Crippen LogP contribution in [-0.4, -0.2) is 30.1 Å². The van der Waals surface area contributed by atoms with Crippen LogP contribution in [0.5, 0.6) is 0 Å². The minimum atomic E-state index is 0.403. The standard InChI is InChI=1S/C16H27N5/c1-21(2)15-14-12(10-6-8-11(17)9-7-10)4-3-5-13(14)19-16(18)20-15/h10-12H,3-9,17H2,1-2H3,(H2,18,19,20). The molecule has 1 aromatic heterocycles. The summed E-state index contributed by atoms with van der Waals surface area (Å²) >= 11 is 0. The molecule has 0 spiro atoms. The summed E-state index contributed by atoms with van der Waals surface area (Å²) in [5.41, 5.74) is 14.5. The fraction of sp³-hybridized carbons (Fsp3) is 0.750. The van der Waals surface area contributed by atoms with Gasteiger partial charge in [0.2, 0.25) is 5.95 Å². The first kappa shape index (κ1) is 14.6. The van der Waals surface area contributed by atoms with Gasteiger partial charge in [-0.25, -0.2) is 4.98 Å². The van der Waals surface area contributed by atoms with Crippen LogP contribution in [0, 0.1) is 5.92 Å². The van der Waals surface area contributed by atoms with Gasteiger partial charge in [0.15, 0.2) is 0 Å². The number of nitrogens with two attached hydrogens (primary N) is 2. The molecule has 0 saturated heterocycles. The maximum absolute atomic E-state index is 6.07. The van der Waals surface area contributed by atoms with Crippen LogP contribution in [0.1, 0.15) is 55.7 Å². The van der Waals surface area contributed by atoms with E-state index >= 15 is 0 Å². The molecular weight excluding hydrogens is 262 g/mol. The Kier molecular flexibility index (Phi) is 4.02. The number of hydrogen-bond acceptors (Lipinski definition) is 5. The first-order chi connectivity index (χ1) is 10.1. The van der Waals surface area contributed by atoms with E-state index in [0.717, 1.165) is 31.0 Å². The highest BCUT2D eigenvalue weighted by atomic mass is 15.2. The fourth-order valence-corrected chi connectivity index (χ4v) is 4.09. The fourth-order valence-electron chi connectivity index (χ4n) is 4.09.